The van der Waals surface area contributed by atoms with Gasteiger partial charge in [0.1, 0.15) is 5.75 Å². The Morgan fingerprint density at radius 1 is 1.26 bits per heavy atom. The van der Waals surface area contributed by atoms with E-state index in [1.807, 2.05) is 56.1 Å². The summed E-state index contributed by atoms with van der Waals surface area (Å²) in [5.74, 6) is 1.60. The third-order valence-electron chi connectivity index (χ3n) is 3.46. The summed E-state index contributed by atoms with van der Waals surface area (Å²) in [4.78, 5) is 1.90. The molecule has 0 radical (unpaired) electrons. The fourth-order valence-corrected chi connectivity index (χ4v) is 2.19. The molecule has 0 fully saturated rings. The minimum atomic E-state index is -0.552. The Kier molecular flexibility index (Phi) is 6.01. The summed E-state index contributed by atoms with van der Waals surface area (Å²) in [5, 5.41) is 17.3. The van der Waals surface area contributed by atoms with Gasteiger partial charge in [0, 0.05) is 19.7 Å². The van der Waals surface area contributed by atoms with Gasteiger partial charge in [0.15, 0.2) is 5.82 Å². The zero-order valence-electron chi connectivity index (χ0n) is 14.1. The molecular formula is C17H25N3O3. The van der Waals surface area contributed by atoms with Gasteiger partial charge < -0.3 is 19.5 Å². The Balaban J connectivity index is 1.97. The summed E-state index contributed by atoms with van der Waals surface area (Å²) >= 11 is 0. The molecular weight excluding hydrogens is 294 g/mol. The van der Waals surface area contributed by atoms with E-state index in [4.69, 9.17) is 9.47 Å². The van der Waals surface area contributed by atoms with E-state index in [-0.39, 0.29) is 6.10 Å². The van der Waals surface area contributed by atoms with Crippen molar-refractivity contribution in [1.29, 1.82) is 0 Å². The predicted molar refractivity (Wildman–Crippen MR) is 90.9 cm³/mol. The number of hydrogen-bond acceptors (Lipinski definition) is 5. The Hall–Kier alpha value is -2.05. The van der Waals surface area contributed by atoms with Crippen LogP contribution in [0.1, 0.15) is 13.8 Å². The van der Waals surface area contributed by atoms with Gasteiger partial charge in [-0.1, -0.05) is 0 Å². The Morgan fingerprint density at radius 2 is 1.96 bits per heavy atom. The minimum absolute atomic E-state index is 0.113. The van der Waals surface area contributed by atoms with Crippen LogP contribution in [-0.2, 0) is 4.74 Å². The molecule has 0 aliphatic heterocycles. The number of H-pyrrole nitrogens is 1. The van der Waals surface area contributed by atoms with Crippen molar-refractivity contribution in [1.82, 2.24) is 10.2 Å². The van der Waals surface area contributed by atoms with Crippen LogP contribution in [0.2, 0.25) is 0 Å². The van der Waals surface area contributed by atoms with Gasteiger partial charge in [-0.25, -0.2) is 0 Å². The highest BCUT2D eigenvalue weighted by Crippen LogP contribution is 2.23. The number of hydrogen-bond donors (Lipinski definition) is 2. The van der Waals surface area contributed by atoms with Crippen LogP contribution >= 0.6 is 0 Å². The maximum absolute atomic E-state index is 9.99. The van der Waals surface area contributed by atoms with E-state index in [1.54, 1.807) is 7.11 Å². The molecule has 2 aromatic rings. The first-order valence-corrected chi connectivity index (χ1v) is 7.70. The third kappa shape index (κ3) is 4.97. The average molecular weight is 319 g/mol. The van der Waals surface area contributed by atoms with Gasteiger partial charge in [0.05, 0.1) is 31.6 Å². The lowest BCUT2D eigenvalue weighted by Gasteiger charge is -2.20. The second kappa shape index (κ2) is 7.99. The van der Waals surface area contributed by atoms with E-state index in [1.165, 1.54) is 0 Å². The minimum Gasteiger partial charge on any atom is -0.497 e. The van der Waals surface area contributed by atoms with E-state index in [0.717, 1.165) is 22.8 Å². The second-order valence-corrected chi connectivity index (χ2v) is 5.78. The van der Waals surface area contributed by atoms with E-state index < -0.39 is 6.10 Å². The summed E-state index contributed by atoms with van der Waals surface area (Å²) in [6.07, 6.45) is -0.439. The third-order valence-corrected chi connectivity index (χ3v) is 3.46. The number of aromatic amines is 1. The van der Waals surface area contributed by atoms with Crippen LogP contribution < -0.4 is 9.64 Å². The van der Waals surface area contributed by atoms with Crippen molar-refractivity contribution in [2.45, 2.75) is 26.1 Å². The van der Waals surface area contributed by atoms with Crippen molar-refractivity contribution < 1.29 is 14.6 Å². The highest BCUT2D eigenvalue weighted by Gasteiger charge is 2.13. The highest BCUT2D eigenvalue weighted by atomic mass is 16.5. The molecule has 1 atom stereocenters. The number of ether oxygens (including phenoxy) is 2. The summed E-state index contributed by atoms with van der Waals surface area (Å²) in [6.45, 7) is 4.67. The normalized spacial score (nSPS) is 12.4. The van der Waals surface area contributed by atoms with Crippen LogP contribution in [-0.4, -0.2) is 54.8 Å². The quantitative estimate of drug-likeness (QED) is 0.781. The van der Waals surface area contributed by atoms with E-state index in [9.17, 15) is 5.11 Å². The molecule has 1 unspecified atom stereocenters. The first-order chi connectivity index (χ1) is 11.0. The average Bonchev–Trinajstić information content (AvgIpc) is 3.03. The van der Waals surface area contributed by atoms with Crippen molar-refractivity contribution in [3.05, 3.63) is 30.3 Å². The molecule has 2 rings (SSSR count). The smallest absolute Gasteiger partial charge is 0.150 e. The Morgan fingerprint density at radius 3 is 2.57 bits per heavy atom. The van der Waals surface area contributed by atoms with Crippen molar-refractivity contribution in [2.75, 3.05) is 32.2 Å². The molecule has 1 aromatic carbocycles. The second-order valence-electron chi connectivity index (χ2n) is 5.78. The molecule has 126 valence electrons. The number of aromatic nitrogens is 2. The first-order valence-electron chi connectivity index (χ1n) is 7.70. The largest absolute Gasteiger partial charge is 0.497 e. The first kappa shape index (κ1) is 17.3. The van der Waals surface area contributed by atoms with Crippen molar-refractivity contribution >= 4 is 5.82 Å². The fraction of sp³-hybridized carbons (Fsp3) is 0.471. The van der Waals surface area contributed by atoms with Crippen LogP contribution in [0.5, 0.6) is 5.75 Å². The topological polar surface area (TPSA) is 70.6 Å². The van der Waals surface area contributed by atoms with Crippen molar-refractivity contribution in [3.63, 3.8) is 0 Å². The van der Waals surface area contributed by atoms with Gasteiger partial charge in [-0.2, -0.15) is 5.10 Å². The molecule has 2 N–H and O–H groups in total. The lowest BCUT2D eigenvalue weighted by molar-refractivity contribution is 0.00922. The summed E-state index contributed by atoms with van der Waals surface area (Å²) in [6, 6.07) is 9.72. The highest BCUT2D eigenvalue weighted by molar-refractivity contribution is 5.63. The van der Waals surface area contributed by atoms with Crippen molar-refractivity contribution in [3.8, 4) is 17.0 Å². The molecule has 0 amide bonds. The number of benzene rings is 1. The van der Waals surface area contributed by atoms with Gasteiger partial charge in [0.2, 0.25) is 0 Å². The maximum atomic E-state index is 9.99. The van der Waals surface area contributed by atoms with Crippen LogP contribution in [0.25, 0.3) is 11.3 Å². The van der Waals surface area contributed by atoms with E-state index in [2.05, 4.69) is 10.2 Å². The molecule has 1 heterocycles. The molecule has 0 saturated heterocycles. The number of likely N-dealkylation sites (N-methyl/N-ethyl adjacent to an activating group) is 1. The summed E-state index contributed by atoms with van der Waals surface area (Å²) < 4.78 is 10.6. The molecule has 1 aromatic heterocycles. The molecule has 0 saturated carbocycles. The molecule has 0 aliphatic carbocycles. The molecule has 0 aliphatic rings. The standard InChI is InChI=1S/C17H25N3O3/c1-12(2)23-11-14(21)10-20(3)17-9-16(18-19-17)13-5-7-15(22-4)8-6-13/h5-9,12,14,21H,10-11H2,1-4H3,(H,18,19). The van der Waals surface area contributed by atoms with Crippen LogP contribution in [0.15, 0.2) is 30.3 Å². The van der Waals surface area contributed by atoms with E-state index >= 15 is 0 Å². The summed E-state index contributed by atoms with van der Waals surface area (Å²) in [7, 11) is 3.54. The zero-order chi connectivity index (χ0) is 16.8. The van der Waals surface area contributed by atoms with Gasteiger partial charge >= 0.3 is 0 Å². The van der Waals surface area contributed by atoms with Crippen molar-refractivity contribution in [2.24, 2.45) is 0 Å². The Bertz CT molecular complexity index is 595. The maximum Gasteiger partial charge on any atom is 0.150 e. The monoisotopic (exact) mass is 319 g/mol. The molecule has 0 spiro atoms. The number of rotatable bonds is 8. The lowest BCUT2D eigenvalue weighted by atomic mass is 10.1. The van der Waals surface area contributed by atoms with Gasteiger partial charge in [-0.3, -0.25) is 5.10 Å². The predicted octanol–water partition coefficient (Wildman–Crippen LogP) is 2.31. The number of aliphatic hydroxyl groups is 1. The zero-order valence-corrected chi connectivity index (χ0v) is 14.1. The van der Waals surface area contributed by atoms with Crippen LogP contribution in [0.3, 0.4) is 0 Å². The van der Waals surface area contributed by atoms with Crippen LogP contribution in [0.4, 0.5) is 5.82 Å². The number of methoxy groups -OCH3 is 1. The number of anilines is 1. The molecule has 6 heteroatoms. The van der Waals surface area contributed by atoms with Gasteiger partial charge in [-0.05, 0) is 43.7 Å². The number of nitrogens with zero attached hydrogens (tertiary/aromatic N) is 2. The fourth-order valence-electron chi connectivity index (χ4n) is 2.19. The number of nitrogens with one attached hydrogen (secondary N) is 1. The van der Waals surface area contributed by atoms with E-state index in [0.29, 0.717) is 13.2 Å². The van der Waals surface area contributed by atoms with Gasteiger partial charge in [0.25, 0.3) is 0 Å². The molecule has 0 bridgehead atoms. The summed E-state index contributed by atoms with van der Waals surface area (Å²) in [5.41, 5.74) is 1.95. The van der Waals surface area contributed by atoms with Crippen LogP contribution in [0, 0.1) is 0 Å². The number of aliphatic hydroxyl groups excluding tert-OH is 1. The lowest BCUT2D eigenvalue weighted by Crippen LogP contribution is -2.33. The SMILES string of the molecule is COc1ccc(-c2cc(N(C)CC(O)COC(C)C)n[nH]2)cc1. The Labute approximate surface area is 137 Å². The molecule has 23 heavy (non-hydrogen) atoms. The van der Waals surface area contributed by atoms with Gasteiger partial charge in [-0.15, -0.1) is 0 Å². The molecule has 6 nitrogen and oxygen atoms in total.